The Morgan fingerprint density at radius 3 is 2.24 bits per heavy atom. The average Bonchev–Trinajstić information content (AvgIpc) is 2.83. The first kappa shape index (κ1) is 27.0. The van der Waals surface area contributed by atoms with Crippen LogP contribution < -0.4 is 14.2 Å². The molecule has 0 saturated heterocycles. The van der Waals surface area contributed by atoms with Crippen LogP contribution in [0.15, 0.2) is 55.6 Å². The van der Waals surface area contributed by atoms with E-state index in [-0.39, 0.29) is 50.1 Å². The third-order valence-corrected chi connectivity index (χ3v) is 4.84. The van der Waals surface area contributed by atoms with Gasteiger partial charge in [-0.3, -0.25) is 4.79 Å². The van der Waals surface area contributed by atoms with Gasteiger partial charge in [0.15, 0.2) is 5.78 Å². The highest BCUT2D eigenvalue weighted by atomic mass is 19.3. The Kier molecular flexibility index (Phi) is 11.2. The summed E-state index contributed by atoms with van der Waals surface area (Å²) in [6.07, 6.45) is 4.13. The summed E-state index contributed by atoms with van der Waals surface area (Å²) < 4.78 is 46.5. The summed E-state index contributed by atoms with van der Waals surface area (Å²) in [6, 6.07) is 7.16. The van der Waals surface area contributed by atoms with Crippen molar-refractivity contribution in [1.29, 1.82) is 0 Å². The van der Waals surface area contributed by atoms with E-state index in [0.29, 0.717) is 35.5 Å². The van der Waals surface area contributed by atoms with Gasteiger partial charge in [-0.25, -0.2) is 0 Å². The van der Waals surface area contributed by atoms with Crippen molar-refractivity contribution in [2.45, 2.75) is 26.4 Å². The Labute approximate surface area is 198 Å². The van der Waals surface area contributed by atoms with Crippen molar-refractivity contribution in [3.05, 3.63) is 77.9 Å². The second-order valence-corrected chi connectivity index (χ2v) is 7.08. The van der Waals surface area contributed by atoms with Gasteiger partial charge in [0.05, 0.1) is 25.4 Å². The molecule has 0 heterocycles. The predicted octanol–water partition coefficient (Wildman–Crippen LogP) is 4.76. The van der Waals surface area contributed by atoms with Crippen LogP contribution in [0.25, 0.3) is 0 Å². The van der Waals surface area contributed by atoms with E-state index in [1.54, 1.807) is 18.2 Å². The second-order valence-electron chi connectivity index (χ2n) is 7.08. The SMILES string of the molecule is C=CCOc1cc(OCC=C)c(C(=O)c2ccc(OC(F)F)cc2)c(CCOCCO)c1CC. The summed E-state index contributed by atoms with van der Waals surface area (Å²) in [5.41, 5.74) is 2.13. The molecular formula is C26H30F2O6. The maximum atomic E-state index is 13.6. The van der Waals surface area contributed by atoms with Crippen molar-refractivity contribution >= 4 is 5.78 Å². The molecule has 6 nitrogen and oxygen atoms in total. The van der Waals surface area contributed by atoms with E-state index in [1.165, 1.54) is 24.3 Å². The fourth-order valence-corrected chi connectivity index (χ4v) is 3.45. The Morgan fingerprint density at radius 2 is 1.68 bits per heavy atom. The smallest absolute Gasteiger partial charge is 0.387 e. The lowest BCUT2D eigenvalue weighted by Gasteiger charge is -2.21. The number of rotatable bonds is 16. The fourth-order valence-electron chi connectivity index (χ4n) is 3.45. The molecule has 184 valence electrons. The molecular weight excluding hydrogens is 446 g/mol. The number of alkyl halides is 2. The standard InChI is InChI=1S/C26H30F2O6/c1-4-13-32-22-17-23(33-14-5-2)24(21(20(22)6-3)11-15-31-16-12-29)25(30)18-7-9-19(10-8-18)34-26(27)28/h4-5,7-10,17,26,29H,1-2,6,11-16H2,3H3. The zero-order valence-electron chi connectivity index (χ0n) is 19.2. The van der Waals surface area contributed by atoms with Gasteiger partial charge in [-0.15, -0.1) is 0 Å². The number of hydrogen-bond donors (Lipinski definition) is 1. The van der Waals surface area contributed by atoms with Gasteiger partial charge in [-0.05, 0) is 48.2 Å². The third kappa shape index (κ3) is 7.40. The number of carbonyl (C=O) groups is 1. The highest BCUT2D eigenvalue weighted by molar-refractivity contribution is 6.12. The Morgan fingerprint density at radius 1 is 1.03 bits per heavy atom. The van der Waals surface area contributed by atoms with Gasteiger partial charge in [0.25, 0.3) is 0 Å². The van der Waals surface area contributed by atoms with Gasteiger partial charge in [0.1, 0.15) is 30.5 Å². The van der Waals surface area contributed by atoms with E-state index in [0.717, 1.165) is 5.56 Å². The summed E-state index contributed by atoms with van der Waals surface area (Å²) in [4.78, 5) is 13.6. The summed E-state index contributed by atoms with van der Waals surface area (Å²) >= 11 is 0. The molecule has 0 radical (unpaired) electrons. The largest absolute Gasteiger partial charge is 0.489 e. The zero-order chi connectivity index (χ0) is 24.9. The number of hydrogen-bond acceptors (Lipinski definition) is 6. The minimum atomic E-state index is -2.96. The number of carbonyl (C=O) groups excluding carboxylic acids is 1. The van der Waals surface area contributed by atoms with Gasteiger partial charge in [-0.2, -0.15) is 8.78 Å². The van der Waals surface area contributed by atoms with Gasteiger partial charge in [0, 0.05) is 11.6 Å². The molecule has 34 heavy (non-hydrogen) atoms. The number of ketones is 1. The van der Waals surface area contributed by atoms with Crippen LogP contribution in [0.4, 0.5) is 8.78 Å². The van der Waals surface area contributed by atoms with Crippen LogP contribution in [0.2, 0.25) is 0 Å². The fraction of sp³-hybridized carbons (Fsp3) is 0.346. The van der Waals surface area contributed by atoms with Gasteiger partial charge < -0.3 is 24.1 Å². The molecule has 2 aromatic rings. The minimum Gasteiger partial charge on any atom is -0.489 e. The number of halogens is 2. The normalized spacial score (nSPS) is 10.7. The maximum Gasteiger partial charge on any atom is 0.387 e. The second kappa shape index (κ2) is 14.1. The van der Waals surface area contributed by atoms with Crippen LogP contribution in [0.1, 0.15) is 34.0 Å². The molecule has 0 spiro atoms. The highest BCUT2D eigenvalue weighted by Crippen LogP contribution is 2.37. The van der Waals surface area contributed by atoms with Crippen molar-refractivity contribution in [1.82, 2.24) is 0 Å². The van der Waals surface area contributed by atoms with Crippen molar-refractivity contribution < 1.29 is 37.6 Å². The Bertz CT molecular complexity index is 957. The molecule has 0 aliphatic carbocycles. The molecule has 0 fully saturated rings. The van der Waals surface area contributed by atoms with Crippen LogP contribution in [-0.2, 0) is 17.6 Å². The van der Waals surface area contributed by atoms with Crippen molar-refractivity contribution in [3.63, 3.8) is 0 Å². The Balaban J connectivity index is 2.60. The number of aliphatic hydroxyl groups is 1. The molecule has 0 aliphatic rings. The van der Waals surface area contributed by atoms with E-state index in [1.807, 2.05) is 6.92 Å². The summed E-state index contributed by atoms with van der Waals surface area (Å²) in [7, 11) is 0. The van der Waals surface area contributed by atoms with Crippen LogP contribution in [-0.4, -0.2) is 50.5 Å². The topological polar surface area (TPSA) is 74.2 Å². The lowest BCUT2D eigenvalue weighted by molar-refractivity contribution is -0.0498. The van der Waals surface area contributed by atoms with Crippen molar-refractivity contribution in [2.75, 3.05) is 33.0 Å². The summed E-state index contributed by atoms with van der Waals surface area (Å²) in [5, 5.41) is 9.02. The Hall–Kier alpha value is -3.23. The highest BCUT2D eigenvalue weighted by Gasteiger charge is 2.25. The average molecular weight is 477 g/mol. The van der Waals surface area contributed by atoms with Crippen LogP contribution >= 0.6 is 0 Å². The maximum absolute atomic E-state index is 13.6. The monoisotopic (exact) mass is 476 g/mol. The molecule has 2 aromatic carbocycles. The molecule has 2 rings (SSSR count). The van der Waals surface area contributed by atoms with Crippen LogP contribution in [0.3, 0.4) is 0 Å². The molecule has 0 atom stereocenters. The molecule has 1 N–H and O–H groups in total. The number of ether oxygens (including phenoxy) is 4. The van der Waals surface area contributed by atoms with Gasteiger partial charge in [0.2, 0.25) is 0 Å². The summed E-state index contributed by atoms with van der Waals surface area (Å²) in [6.45, 7) is 7.09. The first-order valence-electron chi connectivity index (χ1n) is 10.9. The molecule has 0 bridgehead atoms. The molecule has 0 aromatic heterocycles. The molecule has 8 heteroatoms. The number of benzene rings is 2. The van der Waals surface area contributed by atoms with E-state index in [2.05, 4.69) is 17.9 Å². The first-order valence-corrected chi connectivity index (χ1v) is 10.9. The van der Waals surface area contributed by atoms with Crippen molar-refractivity contribution in [3.8, 4) is 17.2 Å². The van der Waals surface area contributed by atoms with E-state index >= 15 is 0 Å². The first-order chi connectivity index (χ1) is 16.5. The lowest BCUT2D eigenvalue weighted by atomic mass is 9.90. The van der Waals surface area contributed by atoms with E-state index in [9.17, 15) is 13.6 Å². The molecule has 0 aliphatic heterocycles. The number of aliphatic hydroxyl groups excluding tert-OH is 1. The minimum absolute atomic E-state index is 0.0465. The quantitative estimate of drug-likeness (QED) is 0.214. The zero-order valence-corrected chi connectivity index (χ0v) is 19.2. The molecule has 0 saturated carbocycles. The predicted molar refractivity (Wildman–Crippen MR) is 125 cm³/mol. The summed E-state index contributed by atoms with van der Waals surface area (Å²) in [5.74, 6) is 0.488. The van der Waals surface area contributed by atoms with E-state index < -0.39 is 6.61 Å². The molecule has 0 amide bonds. The van der Waals surface area contributed by atoms with E-state index in [4.69, 9.17) is 19.3 Å². The molecule has 0 unspecified atom stereocenters. The van der Waals surface area contributed by atoms with Gasteiger partial charge in [-0.1, -0.05) is 32.2 Å². The van der Waals surface area contributed by atoms with Crippen LogP contribution in [0, 0.1) is 0 Å². The lowest BCUT2D eigenvalue weighted by Crippen LogP contribution is -2.15. The van der Waals surface area contributed by atoms with Crippen LogP contribution in [0.5, 0.6) is 17.2 Å². The van der Waals surface area contributed by atoms with Gasteiger partial charge >= 0.3 is 6.61 Å². The third-order valence-electron chi connectivity index (χ3n) is 4.84. The van der Waals surface area contributed by atoms with Crippen molar-refractivity contribution in [2.24, 2.45) is 0 Å².